The summed E-state index contributed by atoms with van der Waals surface area (Å²) in [5.41, 5.74) is -0.0521. The third-order valence-corrected chi connectivity index (χ3v) is 3.02. The minimum Gasteiger partial charge on any atom is -0.478 e. The molecule has 2 rings (SSSR count). The van der Waals surface area contributed by atoms with E-state index in [9.17, 15) is 19.7 Å². The fraction of sp³-hybridized carbons (Fsp3) is 0.333. The molecule has 0 unspecified atom stereocenters. The molecule has 1 heterocycles. The molecule has 1 aliphatic rings. The predicted molar refractivity (Wildman–Crippen MR) is 69.9 cm³/mol. The second-order valence-electron chi connectivity index (χ2n) is 4.39. The molecule has 0 aliphatic carbocycles. The van der Waals surface area contributed by atoms with Crippen LogP contribution in [0.3, 0.4) is 0 Å². The van der Waals surface area contributed by atoms with Crippen LogP contribution in [0.2, 0.25) is 0 Å². The summed E-state index contributed by atoms with van der Waals surface area (Å²) in [6.45, 7) is 0.953. The zero-order valence-electron chi connectivity index (χ0n) is 10.5. The van der Waals surface area contributed by atoms with Gasteiger partial charge in [0.15, 0.2) is 0 Å². The number of nitrogens with zero attached hydrogens (tertiary/aromatic N) is 2. The van der Waals surface area contributed by atoms with Gasteiger partial charge in [-0.1, -0.05) is 0 Å². The fourth-order valence-corrected chi connectivity index (χ4v) is 2.09. The summed E-state index contributed by atoms with van der Waals surface area (Å²) in [5, 5.41) is 22.6. The summed E-state index contributed by atoms with van der Waals surface area (Å²) in [6, 6.07) is 3.53. The molecule has 0 atom stereocenters. The lowest BCUT2D eigenvalue weighted by Crippen LogP contribution is -2.33. The number of carboxylic acid groups (broad SMARTS) is 1. The van der Waals surface area contributed by atoms with Gasteiger partial charge < -0.3 is 15.3 Å². The molecule has 1 saturated heterocycles. The Morgan fingerprint density at radius 1 is 1.45 bits per heavy atom. The Kier molecular flexibility index (Phi) is 3.83. The van der Waals surface area contributed by atoms with E-state index >= 15 is 0 Å². The van der Waals surface area contributed by atoms with Crippen LogP contribution in [0, 0.1) is 10.1 Å². The Balaban J connectivity index is 2.45. The van der Waals surface area contributed by atoms with E-state index in [4.69, 9.17) is 5.11 Å². The average molecular weight is 279 g/mol. The molecule has 8 nitrogen and oxygen atoms in total. The quantitative estimate of drug-likeness (QED) is 0.619. The van der Waals surface area contributed by atoms with Crippen molar-refractivity contribution in [1.29, 1.82) is 0 Å². The average Bonchev–Trinajstić information content (AvgIpc) is 2.62. The predicted octanol–water partition coefficient (Wildman–Crippen LogP) is 0.619. The van der Waals surface area contributed by atoms with E-state index in [0.29, 0.717) is 19.5 Å². The van der Waals surface area contributed by atoms with Gasteiger partial charge in [-0.2, -0.15) is 0 Å². The number of amides is 1. The Morgan fingerprint density at radius 3 is 2.85 bits per heavy atom. The van der Waals surface area contributed by atoms with Gasteiger partial charge in [0.2, 0.25) is 5.91 Å². The van der Waals surface area contributed by atoms with Gasteiger partial charge in [0.05, 0.1) is 22.7 Å². The van der Waals surface area contributed by atoms with Gasteiger partial charge in [-0.25, -0.2) is 4.79 Å². The van der Waals surface area contributed by atoms with Crippen LogP contribution in [0.25, 0.3) is 0 Å². The highest BCUT2D eigenvalue weighted by Crippen LogP contribution is 2.26. The van der Waals surface area contributed by atoms with E-state index < -0.39 is 10.9 Å². The van der Waals surface area contributed by atoms with Crippen LogP contribution < -0.4 is 10.2 Å². The fourth-order valence-electron chi connectivity index (χ4n) is 2.09. The molecule has 106 valence electrons. The van der Waals surface area contributed by atoms with E-state index in [1.54, 1.807) is 4.90 Å². The number of carboxylic acids is 1. The zero-order chi connectivity index (χ0) is 14.7. The lowest BCUT2D eigenvalue weighted by atomic mass is 10.1. The number of anilines is 1. The molecular weight excluding hydrogens is 266 g/mol. The van der Waals surface area contributed by atoms with Crippen molar-refractivity contribution in [2.24, 2.45) is 0 Å². The number of aromatic carboxylic acids is 1. The first-order chi connectivity index (χ1) is 9.49. The summed E-state index contributed by atoms with van der Waals surface area (Å²) >= 11 is 0. The van der Waals surface area contributed by atoms with Gasteiger partial charge >= 0.3 is 5.97 Å². The lowest BCUT2D eigenvalue weighted by Gasteiger charge is -2.22. The Hall–Kier alpha value is -2.64. The van der Waals surface area contributed by atoms with Crippen molar-refractivity contribution in [2.45, 2.75) is 6.42 Å². The summed E-state index contributed by atoms with van der Waals surface area (Å²) in [7, 11) is 0. The van der Waals surface area contributed by atoms with Crippen LogP contribution in [0.1, 0.15) is 16.8 Å². The van der Waals surface area contributed by atoms with Gasteiger partial charge in [-0.15, -0.1) is 0 Å². The third-order valence-electron chi connectivity index (χ3n) is 3.02. The van der Waals surface area contributed by atoms with E-state index in [0.717, 1.165) is 6.07 Å². The molecule has 0 aromatic heterocycles. The Morgan fingerprint density at radius 2 is 2.20 bits per heavy atom. The molecule has 1 aromatic carbocycles. The lowest BCUT2D eigenvalue weighted by molar-refractivity contribution is -0.384. The SMILES string of the molecule is O=C1CN(c2cc([N+](=O)[O-])ccc2C(=O)O)CCCN1. The minimum atomic E-state index is -1.18. The highest BCUT2D eigenvalue weighted by atomic mass is 16.6. The van der Waals surface area contributed by atoms with Gasteiger partial charge in [-0.3, -0.25) is 14.9 Å². The standard InChI is InChI=1S/C12H13N3O5/c16-11-7-14(5-1-4-13-11)10-6-8(15(19)20)2-3-9(10)12(17)18/h2-3,6H,1,4-5,7H2,(H,13,16)(H,17,18). The number of hydrogen-bond donors (Lipinski definition) is 2. The van der Waals surface area contributed by atoms with Crippen molar-refractivity contribution >= 4 is 23.3 Å². The summed E-state index contributed by atoms with van der Waals surface area (Å²) in [5.74, 6) is -1.41. The maximum atomic E-state index is 11.5. The number of carbonyl (C=O) groups excluding carboxylic acids is 1. The number of nitro benzene ring substituents is 1. The molecule has 20 heavy (non-hydrogen) atoms. The van der Waals surface area contributed by atoms with Crippen LogP contribution >= 0.6 is 0 Å². The second-order valence-corrected chi connectivity index (χ2v) is 4.39. The number of nitrogens with one attached hydrogen (secondary N) is 1. The Labute approximate surface area is 114 Å². The molecule has 1 amide bonds. The molecule has 1 aliphatic heterocycles. The van der Waals surface area contributed by atoms with Crippen molar-refractivity contribution in [2.75, 3.05) is 24.5 Å². The monoisotopic (exact) mass is 279 g/mol. The second kappa shape index (κ2) is 5.55. The van der Waals surface area contributed by atoms with Crippen LogP contribution in [-0.4, -0.2) is 41.5 Å². The van der Waals surface area contributed by atoms with E-state index in [1.165, 1.54) is 12.1 Å². The smallest absolute Gasteiger partial charge is 0.337 e. The Bertz CT molecular complexity index is 572. The molecule has 8 heteroatoms. The molecule has 0 spiro atoms. The summed E-state index contributed by atoms with van der Waals surface area (Å²) in [6.07, 6.45) is 0.646. The van der Waals surface area contributed by atoms with E-state index in [2.05, 4.69) is 5.32 Å². The number of benzene rings is 1. The summed E-state index contributed by atoms with van der Waals surface area (Å²) in [4.78, 5) is 34.5. The van der Waals surface area contributed by atoms with Crippen molar-refractivity contribution in [3.63, 3.8) is 0 Å². The van der Waals surface area contributed by atoms with E-state index in [-0.39, 0.29) is 29.4 Å². The molecule has 1 aromatic rings. The number of rotatable bonds is 3. The zero-order valence-corrected chi connectivity index (χ0v) is 10.5. The van der Waals surface area contributed by atoms with Crippen LogP contribution in [0.15, 0.2) is 18.2 Å². The first-order valence-electron chi connectivity index (χ1n) is 6.02. The van der Waals surface area contributed by atoms with Crippen LogP contribution in [0.5, 0.6) is 0 Å². The maximum absolute atomic E-state index is 11.5. The van der Waals surface area contributed by atoms with Gasteiger partial charge in [-0.05, 0) is 12.5 Å². The topological polar surface area (TPSA) is 113 Å². The molecule has 2 N–H and O–H groups in total. The first-order valence-corrected chi connectivity index (χ1v) is 6.02. The van der Waals surface area contributed by atoms with Gasteiger partial charge in [0.1, 0.15) is 0 Å². The van der Waals surface area contributed by atoms with E-state index in [1.807, 2.05) is 0 Å². The third kappa shape index (κ3) is 2.85. The van der Waals surface area contributed by atoms with Gasteiger partial charge in [0, 0.05) is 25.2 Å². The number of non-ortho nitro benzene ring substituents is 1. The maximum Gasteiger partial charge on any atom is 0.337 e. The normalized spacial score (nSPS) is 15.4. The minimum absolute atomic E-state index is 0.0125. The van der Waals surface area contributed by atoms with Crippen molar-refractivity contribution < 1.29 is 19.6 Å². The highest BCUT2D eigenvalue weighted by molar-refractivity contribution is 5.96. The molecule has 1 fully saturated rings. The molecular formula is C12H13N3O5. The van der Waals surface area contributed by atoms with Crippen molar-refractivity contribution in [3.05, 3.63) is 33.9 Å². The first kappa shape index (κ1) is 13.8. The van der Waals surface area contributed by atoms with Gasteiger partial charge in [0.25, 0.3) is 5.69 Å². The molecule has 0 saturated carbocycles. The largest absolute Gasteiger partial charge is 0.478 e. The number of carbonyl (C=O) groups is 2. The number of nitro groups is 1. The van der Waals surface area contributed by atoms with Crippen LogP contribution in [-0.2, 0) is 4.79 Å². The van der Waals surface area contributed by atoms with Crippen LogP contribution in [0.4, 0.5) is 11.4 Å². The number of hydrogen-bond acceptors (Lipinski definition) is 5. The highest BCUT2D eigenvalue weighted by Gasteiger charge is 2.23. The molecule has 0 bridgehead atoms. The van der Waals surface area contributed by atoms with Crippen molar-refractivity contribution in [3.8, 4) is 0 Å². The van der Waals surface area contributed by atoms with Crippen molar-refractivity contribution in [1.82, 2.24) is 5.32 Å². The summed E-state index contributed by atoms with van der Waals surface area (Å²) < 4.78 is 0. The molecule has 0 radical (unpaired) electrons.